The Morgan fingerprint density at radius 2 is 1.36 bits per heavy atom. The lowest BCUT2D eigenvalue weighted by molar-refractivity contribution is 1.50. The minimum atomic E-state index is 0.965. The quantitative estimate of drug-likeness (QED) is 0.402. The molecule has 0 aliphatic heterocycles. The van der Waals surface area contributed by atoms with Gasteiger partial charge in [-0.05, 0) is 57.3 Å². The molecule has 0 atom stereocenters. The Morgan fingerprint density at radius 1 is 0.821 bits per heavy atom. The van der Waals surface area contributed by atoms with Crippen molar-refractivity contribution < 1.29 is 0 Å². The molecule has 150 valence electrons. The predicted octanol–water partition coefficient (Wildman–Crippen LogP) is 8.82. The molecule has 0 bridgehead atoms. The Labute approximate surface area is 173 Å². The van der Waals surface area contributed by atoms with Crippen molar-refractivity contribution in [2.24, 2.45) is 0 Å². The third-order valence-electron chi connectivity index (χ3n) is 4.21. The van der Waals surface area contributed by atoms with Crippen molar-refractivity contribution in [3.05, 3.63) is 78.1 Å². The summed E-state index contributed by atoms with van der Waals surface area (Å²) in [6.07, 6.45) is 8.29. The Balaban J connectivity index is 0.00000111. The zero-order chi connectivity index (χ0) is 21.7. The van der Waals surface area contributed by atoms with E-state index in [1.165, 1.54) is 37.9 Å². The second kappa shape index (κ2) is 13.6. The summed E-state index contributed by atoms with van der Waals surface area (Å²) in [7, 11) is 0. The van der Waals surface area contributed by atoms with Crippen LogP contribution in [0.25, 0.3) is 39.3 Å². The summed E-state index contributed by atoms with van der Waals surface area (Å²) in [5, 5.41) is 6.39. The Hall–Kier alpha value is -2.60. The molecule has 0 radical (unpaired) electrons. The fourth-order valence-electron chi connectivity index (χ4n) is 3.29. The van der Waals surface area contributed by atoms with Crippen molar-refractivity contribution in [2.45, 2.75) is 55.4 Å². The maximum atomic E-state index is 4.21. The van der Waals surface area contributed by atoms with E-state index in [4.69, 9.17) is 0 Å². The fourth-order valence-corrected chi connectivity index (χ4v) is 3.29. The highest BCUT2D eigenvalue weighted by Gasteiger charge is 2.13. The van der Waals surface area contributed by atoms with E-state index < -0.39 is 0 Å². The maximum Gasteiger partial charge on any atom is -0.00265 e. The van der Waals surface area contributed by atoms with Gasteiger partial charge in [0.1, 0.15) is 0 Å². The number of hydrogen-bond donors (Lipinski definition) is 0. The van der Waals surface area contributed by atoms with Crippen LogP contribution in [0, 0.1) is 0 Å². The number of allylic oxidation sites excluding steroid dienone is 3. The molecule has 0 spiro atoms. The first-order chi connectivity index (χ1) is 13.7. The van der Waals surface area contributed by atoms with Crippen LogP contribution in [0.5, 0.6) is 0 Å². The molecule has 3 rings (SSSR count). The van der Waals surface area contributed by atoms with Crippen LogP contribution in [0.15, 0.2) is 61.7 Å². The van der Waals surface area contributed by atoms with E-state index in [-0.39, 0.29) is 0 Å². The topological polar surface area (TPSA) is 0 Å². The number of hydrogen-bond acceptors (Lipinski definition) is 0. The van der Waals surface area contributed by atoms with Crippen LogP contribution in [0.1, 0.15) is 66.5 Å². The molecule has 0 heteroatoms. The average Bonchev–Trinajstić information content (AvgIpc) is 2.79. The standard InChI is InChI=1S/C22H20.3C2H6/c1-5-10-18-20-14-9-12-16-11-8-13-19(22(16)20)17(7-3)21(18)15(4)6-2;3*1-2/h5-14H,2,4H2,1,3H3;3*1-2H3/b10-5-,17-7-;;;. The van der Waals surface area contributed by atoms with Gasteiger partial charge in [0.2, 0.25) is 0 Å². The van der Waals surface area contributed by atoms with Gasteiger partial charge in [0.25, 0.3) is 0 Å². The molecule has 0 amide bonds. The van der Waals surface area contributed by atoms with Gasteiger partial charge in [0.05, 0.1) is 0 Å². The van der Waals surface area contributed by atoms with E-state index in [0.29, 0.717) is 0 Å². The first-order valence-corrected chi connectivity index (χ1v) is 10.6. The first kappa shape index (κ1) is 25.4. The van der Waals surface area contributed by atoms with Gasteiger partial charge in [0.15, 0.2) is 0 Å². The van der Waals surface area contributed by atoms with Crippen LogP contribution >= 0.6 is 0 Å². The zero-order valence-electron chi connectivity index (χ0n) is 19.2. The third-order valence-corrected chi connectivity index (χ3v) is 4.21. The monoisotopic (exact) mass is 374 g/mol. The lowest BCUT2D eigenvalue weighted by Crippen LogP contribution is -2.12. The minimum absolute atomic E-state index is 0.965. The summed E-state index contributed by atoms with van der Waals surface area (Å²) in [6, 6.07) is 13.0. The van der Waals surface area contributed by atoms with Crippen molar-refractivity contribution >= 4 is 39.3 Å². The fraction of sp³-hybridized carbons (Fsp3) is 0.286. The van der Waals surface area contributed by atoms with Gasteiger partial charge >= 0.3 is 0 Å². The molecule has 0 unspecified atom stereocenters. The van der Waals surface area contributed by atoms with Crippen LogP contribution in [0.3, 0.4) is 0 Å². The molecule has 28 heavy (non-hydrogen) atoms. The Kier molecular flexibility index (Phi) is 12.3. The van der Waals surface area contributed by atoms with E-state index in [9.17, 15) is 0 Å². The van der Waals surface area contributed by atoms with Gasteiger partial charge in [-0.2, -0.15) is 0 Å². The number of rotatable bonds is 3. The third kappa shape index (κ3) is 5.01. The van der Waals surface area contributed by atoms with Crippen molar-refractivity contribution in [3.8, 4) is 0 Å². The molecular formula is C28H38. The Morgan fingerprint density at radius 3 is 1.82 bits per heavy atom. The van der Waals surface area contributed by atoms with Gasteiger partial charge in [-0.25, -0.2) is 0 Å². The van der Waals surface area contributed by atoms with Crippen molar-refractivity contribution in [2.75, 3.05) is 0 Å². The highest BCUT2D eigenvalue weighted by Crippen LogP contribution is 2.32. The van der Waals surface area contributed by atoms with E-state index in [0.717, 1.165) is 5.57 Å². The maximum absolute atomic E-state index is 4.21. The normalized spacial score (nSPS) is 10.5. The van der Waals surface area contributed by atoms with Crippen LogP contribution in [-0.2, 0) is 0 Å². The van der Waals surface area contributed by atoms with Gasteiger partial charge in [-0.3, -0.25) is 0 Å². The van der Waals surface area contributed by atoms with Crippen LogP contribution in [-0.4, -0.2) is 0 Å². The van der Waals surface area contributed by atoms with E-state index in [1.54, 1.807) is 0 Å². The SMILES string of the molecule is C=CC(=C)c1c(/C=C\C)c2cccc3cccc(/c1=C/C)c32.CC.CC.CC. The molecular weight excluding hydrogens is 336 g/mol. The molecule has 0 nitrogen and oxygen atoms in total. The zero-order valence-corrected chi connectivity index (χ0v) is 19.2. The molecule has 3 aromatic carbocycles. The predicted molar refractivity (Wildman–Crippen MR) is 135 cm³/mol. The molecule has 0 aliphatic carbocycles. The smallest absolute Gasteiger partial charge is 0.00265 e. The second-order valence-electron chi connectivity index (χ2n) is 5.43. The summed E-state index contributed by atoms with van der Waals surface area (Å²) >= 11 is 0. The minimum Gasteiger partial charge on any atom is -0.0985 e. The summed E-state index contributed by atoms with van der Waals surface area (Å²) in [5.74, 6) is 0. The van der Waals surface area contributed by atoms with Gasteiger partial charge in [-0.15, -0.1) is 0 Å². The average molecular weight is 375 g/mol. The summed E-state index contributed by atoms with van der Waals surface area (Å²) in [6.45, 7) is 24.3. The largest absolute Gasteiger partial charge is 0.0985 e. The van der Waals surface area contributed by atoms with E-state index in [2.05, 4.69) is 81.6 Å². The molecule has 0 aromatic heterocycles. The summed E-state index contributed by atoms with van der Waals surface area (Å²) in [4.78, 5) is 0. The lowest BCUT2D eigenvalue weighted by Gasteiger charge is -2.16. The second-order valence-corrected chi connectivity index (χ2v) is 5.43. The van der Waals surface area contributed by atoms with Gasteiger partial charge in [0, 0.05) is 0 Å². The van der Waals surface area contributed by atoms with E-state index in [1.807, 2.05) is 47.6 Å². The molecule has 0 saturated heterocycles. The van der Waals surface area contributed by atoms with Crippen LogP contribution < -0.4 is 5.22 Å². The van der Waals surface area contributed by atoms with E-state index >= 15 is 0 Å². The molecule has 0 aliphatic rings. The summed E-state index contributed by atoms with van der Waals surface area (Å²) < 4.78 is 0. The van der Waals surface area contributed by atoms with Crippen molar-refractivity contribution in [1.29, 1.82) is 0 Å². The van der Waals surface area contributed by atoms with Crippen LogP contribution in [0.4, 0.5) is 0 Å². The molecule has 0 fully saturated rings. The van der Waals surface area contributed by atoms with Gasteiger partial charge in [-0.1, -0.05) is 115 Å². The first-order valence-electron chi connectivity index (χ1n) is 10.6. The highest BCUT2D eigenvalue weighted by atomic mass is 14.2. The summed E-state index contributed by atoms with van der Waals surface area (Å²) in [5.41, 5.74) is 3.37. The molecule has 3 aromatic rings. The molecule has 0 N–H and O–H groups in total. The lowest BCUT2D eigenvalue weighted by atomic mass is 9.87. The van der Waals surface area contributed by atoms with Crippen molar-refractivity contribution in [3.63, 3.8) is 0 Å². The molecule has 0 heterocycles. The highest BCUT2D eigenvalue weighted by molar-refractivity contribution is 6.15. The molecule has 0 saturated carbocycles. The Bertz CT molecular complexity index is 963. The van der Waals surface area contributed by atoms with Gasteiger partial charge < -0.3 is 0 Å². The number of benzene rings is 3. The van der Waals surface area contributed by atoms with Crippen LogP contribution in [0.2, 0.25) is 0 Å². The van der Waals surface area contributed by atoms with Crippen molar-refractivity contribution in [1.82, 2.24) is 0 Å².